The number of ether oxygens (including phenoxy) is 2. The summed E-state index contributed by atoms with van der Waals surface area (Å²) >= 11 is 0. The van der Waals surface area contributed by atoms with Crippen molar-refractivity contribution >= 4 is 11.6 Å². The molecule has 4 rings (SSSR count). The van der Waals surface area contributed by atoms with Gasteiger partial charge in [-0.15, -0.1) is 0 Å². The number of piperidine rings is 1. The van der Waals surface area contributed by atoms with Crippen LogP contribution in [0.15, 0.2) is 36.4 Å². The molecule has 0 bridgehead atoms. The molecule has 2 aromatic carbocycles. The number of halogens is 2. The number of hydrogen-bond acceptors (Lipinski definition) is 4. The Morgan fingerprint density at radius 2 is 1.92 bits per heavy atom. The highest BCUT2D eigenvalue weighted by Crippen LogP contribution is 2.33. The highest BCUT2D eigenvalue weighted by atomic mass is 19.2. The summed E-state index contributed by atoms with van der Waals surface area (Å²) in [6, 6.07) is 8.85. The normalized spacial score (nSPS) is 18.7. The predicted octanol–water partition coefficient (Wildman–Crippen LogP) is 3.41. The highest BCUT2D eigenvalue weighted by Gasteiger charge is 2.26. The lowest BCUT2D eigenvalue weighted by molar-refractivity contribution is 0.0714. The van der Waals surface area contributed by atoms with Gasteiger partial charge in [-0.05, 0) is 43.2 Å². The van der Waals surface area contributed by atoms with Gasteiger partial charge in [0.05, 0.1) is 0 Å². The van der Waals surface area contributed by atoms with Gasteiger partial charge in [-0.3, -0.25) is 4.79 Å². The molecule has 0 spiro atoms. The summed E-state index contributed by atoms with van der Waals surface area (Å²) in [5, 5.41) is 3.18. The Balaban J connectivity index is 1.44. The van der Waals surface area contributed by atoms with Crippen molar-refractivity contribution in [3.8, 4) is 11.5 Å². The van der Waals surface area contributed by atoms with E-state index in [1.54, 1.807) is 23.1 Å². The van der Waals surface area contributed by atoms with Crippen LogP contribution in [0.5, 0.6) is 11.5 Å². The first-order valence-electron chi connectivity index (χ1n) is 8.50. The monoisotopic (exact) mass is 360 g/mol. The second-order valence-electron chi connectivity index (χ2n) is 6.43. The van der Waals surface area contributed by atoms with Gasteiger partial charge in [0.15, 0.2) is 23.1 Å². The Morgan fingerprint density at radius 1 is 1.08 bits per heavy atom. The van der Waals surface area contributed by atoms with Gasteiger partial charge in [-0.2, -0.15) is 0 Å². The van der Waals surface area contributed by atoms with E-state index in [0.717, 1.165) is 25.0 Å². The van der Waals surface area contributed by atoms with Gasteiger partial charge in [0.25, 0.3) is 5.91 Å². The molecular formula is C19H18F2N2O3. The number of amides is 1. The van der Waals surface area contributed by atoms with Crippen molar-refractivity contribution in [2.24, 2.45) is 0 Å². The molecule has 1 atom stereocenters. The smallest absolute Gasteiger partial charge is 0.254 e. The summed E-state index contributed by atoms with van der Waals surface area (Å²) in [5.41, 5.74) is 1.05. The summed E-state index contributed by atoms with van der Waals surface area (Å²) in [6.45, 7) is 1.31. The minimum Gasteiger partial charge on any atom is -0.454 e. The molecule has 1 fully saturated rings. The van der Waals surface area contributed by atoms with Crippen LogP contribution < -0.4 is 14.8 Å². The summed E-state index contributed by atoms with van der Waals surface area (Å²) in [7, 11) is 0. The first kappa shape index (κ1) is 16.6. The molecule has 26 heavy (non-hydrogen) atoms. The molecule has 2 aromatic rings. The summed E-state index contributed by atoms with van der Waals surface area (Å²) in [4.78, 5) is 14.6. The van der Waals surface area contributed by atoms with Crippen LogP contribution in [-0.4, -0.2) is 36.7 Å². The Labute approximate surface area is 149 Å². The Morgan fingerprint density at radius 3 is 2.77 bits per heavy atom. The van der Waals surface area contributed by atoms with Crippen LogP contribution in [0.25, 0.3) is 0 Å². The molecular weight excluding hydrogens is 342 g/mol. The second-order valence-corrected chi connectivity index (χ2v) is 6.43. The van der Waals surface area contributed by atoms with E-state index in [0.29, 0.717) is 35.8 Å². The fourth-order valence-electron chi connectivity index (χ4n) is 3.31. The molecule has 1 amide bonds. The first-order chi connectivity index (χ1) is 12.6. The van der Waals surface area contributed by atoms with Crippen molar-refractivity contribution in [3.05, 3.63) is 53.6 Å². The van der Waals surface area contributed by atoms with Gasteiger partial charge < -0.3 is 19.7 Å². The third-order valence-corrected chi connectivity index (χ3v) is 4.62. The second kappa shape index (κ2) is 6.82. The van der Waals surface area contributed by atoms with Crippen molar-refractivity contribution < 1.29 is 23.0 Å². The molecule has 5 nitrogen and oxygen atoms in total. The number of fused-ring (bicyclic) bond motifs is 1. The van der Waals surface area contributed by atoms with Gasteiger partial charge in [0.1, 0.15) is 0 Å². The summed E-state index contributed by atoms with van der Waals surface area (Å²) in [6.07, 6.45) is 1.68. The molecule has 2 aliphatic heterocycles. The maximum atomic E-state index is 13.4. The number of nitrogens with one attached hydrogen (secondary N) is 1. The van der Waals surface area contributed by atoms with Gasteiger partial charge in [-0.25, -0.2) is 8.78 Å². The van der Waals surface area contributed by atoms with Crippen LogP contribution >= 0.6 is 0 Å². The molecule has 0 aromatic heterocycles. The third kappa shape index (κ3) is 3.29. The van der Waals surface area contributed by atoms with Gasteiger partial charge in [-0.1, -0.05) is 0 Å². The van der Waals surface area contributed by atoms with Crippen molar-refractivity contribution in [1.82, 2.24) is 4.90 Å². The summed E-state index contributed by atoms with van der Waals surface area (Å²) < 4.78 is 37.0. The van der Waals surface area contributed by atoms with Crippen molar-refractivity contribution in [2.75, 3.05) is 25.2 Å². The number of carbonyl (C=O) groups excluding carboxylic acids is 1. The quantitative estimate of drug-likeness (QED) is 0.911. The van der Waals surface area contributed by atoms with E-state index in [4.69, 9.17) is 9.47 Å². The summed E-state index contributed by atoms with van der Waals surface area (Å²) in [5.74, 6) is -0.639. The van der Waals surface area contributed by atoms with E-state index in [9.17, 15) is 13.6 Å². The Kier molecular flexibility index (Phi) is 4.36. The minimum atomic E-state index is -0.890. The Hall–Kier alpha value is -2.83. The van der Waals surface area contributed by atoms with Crippen LogP contribution in [0.3, 0.4) is 0 Å². The van der Waals surface area contributed by atoms with Crippen LogP contribution in [0.4, 0.5) is 14.5 Å². The Bertz CT molecular complexity index is 844. The zero-order valence-electron chi connectivity index (χ0n) is 14.0. The van der Waals surface area contributed by atoms with E-state index < -0.39 is 11.6 Å². The van der Waals surface area contributed by atoms with Crippen molar-refractivity contribution in [3.63, 3.8) is 0 Å². The van der Waals surface area contributed by atoms with E-state index >= 15 is 0 Å². The van der Waals surface area contributed by atoms with Crippen LogP contribution in [-0.2, 0) is 0 Å². The van der Waals surface area contributed by atoms with Gasteiger partial charge in [0, 0.05) is 36.4 Å². The van der Waals surface area contributed by atoms with Gasteiger partial charge >= 0.3 is 0 Å². The maximum Gasteiger partial charge on any atom is 0.254 e. The van der Waals surface area contributed by atoms with E-state index in [2.05, 4.69) is 5.32 Å². The maximum absolute atomic E-state index is 13.4. The number of anilines is 1. The third-order valence-electron chi connectivity index (χ3n) is 4.62. The zero-order chi connectivity index (χ0) is 18.1. The predicted molar refractivity (Wildman–Crippen MR) is 91.5 cm³/mol. The molecule has 1 saturated heterocycles. The first-order valence-corrected chi connectivity index (χ1v) is 8.50. The lowest BCUT2D eigenvalue weighted by Crippen LogP contribution is -2.45. The topological polar surface area (TPSA) is 50.8 Å². The van der Waals surface area contributed by atoms with Crippen molar-refractivity contribution in [2.45, 2.75) is 18.9 Å². The zero-order valence-corrected chi connectivity index (χ0v) is 14.0. The number of rotatable bonds is 3. The number of nitrogens with zero attached hydrogens (tertiary/aromatic N) is 1. The van der Waals surface area contributed by atoms with Gasteiger partial charge in [0.2, 0.25) is 6.79 Å². The SMILES string of the molecule is O=C(c1ccc2c(c1)OCO2)N1CCC[C@@H](Nc2ccc(F)c(F)c2)C1. The number of benzene rings is 2. The van der Waals surface area contributed by atoms with E-state index in [-0.39, 0.29) is 18.7 Å². The largest absolute Gasteiger partial charge is 0.454 e. The molecule has 0 radical (unpaired) electrons. The van der Waals surface area contributed by atoms with E-state index in [1.807, 2.05) is 0 Å². The molecule has 0 saturated carbocycles. The average molecular weight is 360 g/mol. The van der Waals surface area contributed by atoms with Crippen molar-refractivity contribution in [1.29, 1.82) is 0 Å². The highest BCUT2D eigenvalue weighted by molar-refractivity contribution is 5.95. The standard InChI is InChI=1S/C19H18F2N2O3/c20-15-5-4-13(9-16(15)21)22-14-2-1-7-23(10-14)19(24)12-3-6-17-18(8-12)26-11-25-17/h3-6,8-9,14,22H,1-2,7,10-11H2/t14-/m1/s1. The fraction of sp³-hybridized carbons (Fsp3) is 0.316. The molecule has 7 heteroatoms. The molecule has 2 heterocycles. The van der Waals surface area contributed by atoms with Crippen LogP contribution in [0, 0.1) is 11.6 Å². The molecule has 0 unspecified atom stereocenters. The average Bonchev–Trinajstić information content (AvgIpc) is 3.12. The lowest BCUT2D eigenvalue weighted by atomic mass is 10.0. The minimum absolute atomic E-state index is 0.0217. The fourth-order valence-corrected chi connectivity index (χ4v) is 3.31. The number of hydrogen-bond donors (Lipinski definition) is 1. The molecule has 0 aliphatic carbocycles. The number of likely N-dealkylation sites (tertiary alicyclic amines) is 1. The van der Waals surface area contributed by atoms with Crippen LogP contribution in [0.1, 0.15) is 23.2 Å². The lowest BCUT2D eigenvalue weighted by Gasteiger charge is -2.33. The van der Waals surface area contributed by atoms with E-state index in [1.165, 1.54) is 6.07 Å². The number of carbonyl (C=O) groups is 1. The molecule has 1 N–H and O–H groups in total. The van der Waals surface area contributed by atoms with Crippen LogP contribution in [0.2, 0.25) is 0 Å². The molecule has 136 valence electrons. The molecule has 2 aliphatic rings.